The summed E-state index contributed by atoms with van der Waals surface area (Å²) in [6, 6.07) is 2.81. The van der Waals surface area contributed by atoms with E-state index in [0.29, 0.717) is 0 Å². The summed E-state index contributed by atoms with van der Waals surface area (Å²) < 4.78 is 13.2. The summed E-state index contributed by atoms with van der Waals surface area (Å²) in [5, 5.41) is 8.54. The Kier molecular flexibility index (Phi) is 3.00. The van der Waals surface area contributed by atoms with Gasteiger partial charge in [-0.3, -0.25) is 4.79 Å². The number of halogens is 2. The van der Waals surface area contributed by atoms with Crippen molar-refractivity contribution in [3.8, 4) is 0 Å². The maximum absolute atomic E-state index is 12.9. The van der Waals surface area contributed by atoms with Crippen molar-refractivity contribution in [2.24, 2.45) is 5.73 Å². The molecule has 0 bridgehead atoms. The molecule has 5 heteroatoms. The molecular weight excluding hydrogens is 241 g/mol. The average molecular weight is 248 g/mol. The van der Waals surface area contributed by atoms with Gasteiger partial charge in [0.15, 0.2) is 0 Å². The van der Waals surface area contributed by atoms with Gasteiger partial charge in [0, 0.05) is 0 Å². The van der Waals surface area contributed by atoms with Gasteiger partial charge in [0.05, 0.1) is 4.47 Å². The number of hydrogen-bond donors (Lipinski definition) is 2. The van der Waals surface area contributed by atoms with Crippen molar-refractivity contribution in [2.75, 3.05) is 0 Å². The van der Waals surface area contributed by atoms with E-state index in [4.69, 9.17) is 10.8 Å². The molecule has 0 saturated carbocycles. The Hall–Kier alpha value is -0.940. The van der Waals surface area contributed by atoms with E-state index < -0.39 is 17.8 Å². The third-order valence-corrected chi connectivity index (χ3v) is 2.21. The molecule has 0 aliphatic carbocycles. The molecule has 0 fully saturated rings. The van der Waals surface area contributed by atoms with E-state index in [1.54, 1.807) is 0 Å². The van der Waals surface area contributed by atoms with Crippen molar-refractivity contribution >= 4 is 21.9 Å². The molecule has 0 heterocycles. The second-order valence-corrected chi connectivity index (χ2v) is 3.34. The van der Waals surface area contributed by atoms with Crippen molar-refractivity contribution in [1.82, 2.24) is 0 Å². The van der Waals surface area contributed by atoms with Crippen LogP contribution in [0.1, 0.15) is 11.6 Å². The van der Waals surface area contributed by atoms with Crippen LogP contribution in [0.15, 0.2) is 22.7 Å². The number of hydrogen-bond acceptors (Lipinski definition) is 2. The fraction of sp³-hybridized carbons (Fsp3) is 0.125. The van der Waals surface area contributed by atoms with E-state index in [1.807, 2.05) is 0 Å². The molecule has 3 nitrogen and oxygen atoms in total. The first-order valence-corrected chi connectivity index (χ1v) is 4.25. The lowest BCUT2D eigenvalue weighted by Crippen LogP contribution is -2.20. The van der Waals surface area contributed by atoms with Crippen molar-refractivity contribution in [2.45, 2.75) is 6.04 Å². The maximum Gasteiger partial charge on any atom is 0.325 e. The average Bonchev–Trinajstić information content (AvgIpc) is 2.08. The van der Waals surface area contributed by atoms with Gasteiger partial charge in [0.25, 0.3) is 0 Å². The number of carboxylic acids is 1. The van der Waals surface area contributed by atoms with Crippen LogP contribution in [0.3, 0.4) is 0 Å². The third-order valence-electron chi connectivity index (χ3n) is 1.57. The molecule has 1 atom stereocenters. The molecule has 0 amide bonds. The zero-order valence-electron chi connectivity index (χ0n) is 6.50. The van der Waals surface area contributed by atoms with Crippen LogP contribution in [-0.4, -0.2) is 11.1 Å². The lowest BCUT2D eigenvalue weighted by atomic mass is 10.1. The maximum atomic E-state index is 12.9. The number of benzene rings is 1. The van der Waals surface area contributed by atoms with E-state index in [1.165, 1.54) is 12.1 Å². The van der Waals surface area contributed by atoms with Crippen LogP contribution in [0.2, 0.25) is 0 Å². The zero-order valence-corrected chi connectivity index (χ0v) is 8.08. The minimum Gasteiger partial charge on any atom is -0.480 e. The first-order valence-electron chi connectivity index (χ1n) is 3.45. The van der Waals surface area contributed by atoms with Crippen LogP contribution in [0.5, 0.6) is 0 Å². The summed E-state index contributed by atoms with van der Waals surface area (Å²) in [6.07, 6.45) is 0. The first-order chi connectivity index (χ1) is 6.02. The van der Waals surface area contributed by atoms with Crippen molar-refractivity contribution in [3.05, 3.63) is 34.1 Å². The van der Waals surface area contributed by atoms with Gasteiger partial charge >= 0.3 is 5.97 Å². The highest BCUT2D eigenvalue weighted by Gasteiger charge is 2.15. The van der Waals surface area contributed by atoms with Gasteiger partial charge < -0.3 is 10.8 Å². The number of aliphatic carboxylic acids is 1. The van der Waals surface area contributed by atoms with Gasteiger partial charge in [0.2, 0.25) is 0 Å². The second kappa shape index (κ2) is 3.85. The fourth-order valence-electron chi connectivity index (χ4n) is 0.848. The molecule has 0 spiro atoms. The molecule has 3 N–H and O–H groups in total. The van der Waals surface area contributed by atoms with Crippen LogP contribution >= 0.6 is 15.9 Å². The molecule has 13 heavy (non-hydrogen) atoms. The van der Waals surface area contributed by atoms with Crippen LogP contribution in [0, 0.1) is 5.82 Å². The minimum absolute atomic E-state index is 0.244. The SMILES string of the molecule is N[C@@H](C(=O)O)c1ccc(Br)c(F)c1. The molecule has 0 saturated heterocycles. The monoisotopic (exact) mass is 247 g/mol. The number of carbonyl (C=O) groups is 1. The smallest absolute Gasteiger partial charge is 0.325 e. The van der Waals surface area contributed by atoms with E-state index in [0.717, 1.165) is 6.07 Å². The molecule has 0 unspecified atom stereocenters. The van der Waals surface area contributed by atoms with E-state index >= 15 is 0 Å². The fourth-order valence-corrected chi connectivity index (χ4v) is 1.10. The Morgan fingerprint density at radius 2 is 2.23 bits per heavy atom. The van der Waals surface area contributed by atoms with Gasteiger partial charge in [-0.2, -0.15) is 0 Å². The molecule has 0 aromatic heterocycles. The summed E-state index contributed by atoms with van der Waals surface area (Å²) in [7, 11) is 0. The lowest BCUT2D eigenvalue weighted by Gasteiger charge is -2.06. The molecule has 0 aliphatic rings. The molecule has 1 aromatic rings. The first kappa shape index (κ1) is 10.1. The third kappa shape index (κ3) is 2.26. The molecule has 1 rings (SSSR count). The van der Waals surface area contributed by atoms with Gasteiger partial charge in [-0.25, -0.2) is 4.39 Å². The Morgan fingerprint density at radius 3 is 2.69 bits per heavy atom. The van der Waals surface area contributed by atoms with Gasteiger partial charge in [-0.1, -0.05) is 6.07 Å². The quantitative estimate of drug-likeness (QED) is 0.836. The Morgan fingerprint density at radius 1 is 1.62 bits per heavy atom. The van der Waals surface area contributed by atoms with Crippen LogP contribution < -0.4 is 5.73 Å². The van der Waals surface area contributed by atoms with E-state index in [-0.39, 0.29) is 10.0 Å². The molecule has 0 aliphatic heterocycles. The normalized spacial score (nSPS) is 12.5. The summed E-state index contributed by atoms with van der Waals surface area (Å²) in [6.45, 7) is 0. The van der Waals surface area contributed by atoms with Gasteiger partial charge in [0.1, 0.15) is 11.9 Å². The standard InChI is InChI=1S/C8H7BrFNO2/c9-5-2-1-4(3-6(5)10)7(11)8(12)13/h1-3,7H,11H2,(H,12,13)/t7-/m1/s1. The van der Waals surface area contributed by atoms with Crippen molar-refractivity contribution in [3.63, 3.8) is 0 Å². The minimum atomic E-state index is -1.18. The summed E-state index contributed by atoms with van der Waals surface area (Å²) in [5.74, 6) is -1.70. The highest BCUT2D eigenvalue weighted by atomic mass is 79.9. The van der Waals surface area contributed by atoms with Crippen LogP contribution in [0.25, 0.3) is 0 Å². The highest BCUT2D eigenvalue weighted by molar-refractivity contribution is 9.10. The molecular formula is C8H7BrFNO2. The van der Waals surface area contributed by atoms with Crippen LogP contribution in [-0.2, 0) is 4.79 Å². The summed E-state index contributed by atoms with van der Waals surface area (Å²) in [4.78, 5) is 10.4. The highest BCUT2D eigenvalue weighted by Crippen LogP contribution is 2.19. The zero-order chi connectivity index (χ0) is 10.0. The van der Waals surface area contributed by atoms with E-state index in [9.17, 15) is 9.18 Å². The Balaban J connectivity index is 3.03. The van der Waals surface area contributed by atoms with E-state index in [2.05, 4.69) is 15.9 Å². The Bertz CT molecular complexity index is 343. The molecule has 70 valence electrons. The molecule has 0 radical (unpaired) electrons. The number of carboxylic acid groups (broad SMARTS) is 1. The van der Waals surface area contributed by atoms with Crippen molar-refractivity contribution in [1.29, 1.82) is 0 Å². The number of rotatable bonds is 2. The van der Waals surface area contributed by atoms with Gasteiger partial charge in [-0.15, -0.1) is 0 Å². The largest absolute Gasteiger partial charge is 0.480 e. The number of nitrogens with two attached hydrogens (primary N) is 1. The predicted octanol–water partition coefficient (Wildman–Crippen LogP) is 1.67. The van der Waals surface area contributed by atoms with Crippen LogP contribution in [0.4, 0.5) is 4.39 Å². The van der Waals surface area contributed by atoms with Gasteiger partial charge in [-0.05, 0) is 33.6 Å². The van der Waals surface area contributed by atoms with Crippen molar-refractivity contribution < 1.29 is 14.3 Å². The summed E-state index contributed by atoms with van der Waals surface area (Å²) >= 11 is 2.95. The summed E-state index contributed by atoms with van der Waals surface area (Å²) in [5.41, 5.74) is 5.52. The predicted molar refractivity (Wildman–Crippen MR) is 48.7 cm³/mol. The second-order valence-electron chi connectivity index (χ2n) is 2.49. The Labute approximate surface area is 82.5 Å². The topological polar surface area (TPSA) is 63.3 Å². The lowest BCUT2D eigenvalue weighted by molar-refractivity contribution is -0.138. The molecule has 1 aromatic carbocycles.